The molecule has 10 rings (SSSR count). The molecule has 0 heterocycles. The van der Waals surface area contributed by atoms with Gasteiger partial charge in [-0.1, -0.05) is 170 Å². The molecule has 0 spiro atoms. The Hall–Kier alpha value is -7.44. The van der Waals surface area contributed by atoms with Gasteiger partial charge in [0.25, 0.3) is 0 Å². The number of anilines is 6. The van der Waals surface area contributed by atoms with Crippen LogP contribution in [-0.4, -0.2) is 52.6 Å². The monoisotopic (exact) mass is 949 g/mol. The lowest BCUT2D eigenvalue weighted by molar-refractivity contribution is 0.207. The molecule has 366 valence electrons. The van der Waals surface area contributed by atoms with Crippen molar-refractivity contribution in [2.24, 2.45) is 11.8 Å². The topological polar surface area (TPSA) is 19.4 Å². The van der Waals surface area contributed by atoms with Crippen LogP contribution in [0, 0.1) is 11.8 Å². The summed E-state index contributed by atoms with van der Waals surface area (Å²) in [6.07, 6.45) is 7.42. The lowest BCUT2D eigenvalue weighted by atomic mass is 9.77. The van der Waals surface area contributed by atoms with Crippen LogP contribution in [0.4, 0.5) is 34.1 Å². The highest BCUT2D eigenvalue weighted by Crippen LogP contribution is 2.50. The van der Waals surface area contributed by atoms with Gasteiger partial charge in [-0.15, -0.1) is 0 Å². The first-order valence-corrected chi connectivity index (χ1v) is 26.3. The van der Waals surface area contributed by atoms with Gasteiger partial charge in [-0.05, 0) is 130 Å². The number of hydrogen-bond acceptors (Lipinski definition) is 6. The van der Waals surface area contributed by atoms with E-state index in [0.717, 1.165) is 63.7 Å². The summed E-state index contributed by atoms with van der Waals surface area (Å²) in [4.78, 5) is 15.9. The molecule has 0 amide bonds. The van der Waals surface area contributed by atoms with E-state index < -0.39 is 5.66 Å². The Morgan fingerprint density at radius 1 is 0.347 bits per heavy atom. The van der Waals surface area contributed by atoms with E-state index in [4.69, 9.17) is 0 Å². The van der Waals surface area contributed by atoms with E-state index in [2.05, 4.69) is 300 Å². The summed E-state index contributed by atoms with van der Waals surface area (Å²) in [5.74, 6) is 0.857. The van der Waals surface area contributed by atoms with Crippen molar-refractivity contribution in [2.75, 3.05) is 70.7 Å². The summed E-state index contributed by atoms with van der Waals surface area (Å²) in [7, 11) is 9.30. The highest BCUT2D eigenvalue weighted by atomic mass is 15.4. The lowest BCUT2D eigenvalue weighted by Crippen LogP contribution is -2.64. The van der Waals surface area contributed by atoms with Crippen LogP contribution in [0.15, 0.2) is 243 Å². The third-order valence-electron chi connectivity index (χ3n) is 16.7. The van der Waals surface area contributed by atoms with Gasteiger partial charge < -0.3 is 29.4 Å². The molecule has 2 aliphatic carbocycles. The van der Waals surface area contributed by atoms with Crippen molar-refractivity contribution >= 4 is 34.1 Å². The number of hydrogen-bond donors (Lipinski definition) is 0. The van der Waals surface area contributed by atoms with Crippen LogP contribution in [0.1, 0.15) is 56.1 Å². The summed E-state index contributed by atoms with van der Waals surface area (Å²) in [5.41, 5.74) is 8.74. The average Bonchev–Trinajstić information content (AvgIpc) is 3.91. The maximum Gasteiger partial charge on any atom is 0.166 e. The number of para-hydroxylation sites is 6. The first-order chi connectivity index (χ1) is 35.3. The minimum absolute atomic E-state index is 0.205. The molecule has 1 unspecified atom stereocenters. The fourth-order valence-electron chi connectivity index (χ4n) is 12.8. The minimum Gasteiger partial charge on any atom is -0.352 e. The quantitative estimate of drug-likeness (QED) is 0.0793. The summed E-state index contributed by atoms with van der Waals surface area (Å²) in [6, 6.07) is 89.2. The molecule has 1 atom stereocenters. The standard InChI is InChI=1S/C66H72N6/c1-67(58-33-17-7-18-34-58)64(71(62-41-25-11-26-42-62)53-55-47-50-65(51-55,68(2)59-35-19-8-20-36-59)69(3)60-37-21-9-22-38-60)48-45-54(46-49-64)52-72(63-43-27-12-28-44-63)66(56-29-13-5-14-30-56,57-31-15-6-16-32-57)70(4)61-39-23-10-24-40-61/h5-44,54-55H,45-53H2,1-4H3. The van der Waals surface area contributed by atoms with E-state index in [1.807, 2.05) is 0 Å². The van der Waals surface area contributed by atoms with Crippen LogP contribution >= 0.6 is 0 Å². The van der Waals surface area contributed by atoms with Gasteiger partial charge in [0.15, 0.2) is 5.66 Å². The Bertz CT molecular complexity index is 2780. The molecule has 2 saturated carbocycles. The van der Waals surface area contributed by atoms with Crippen LogP contribution in [0.2, 0.25) is 0 Å². The van der Waals surface area contributed by atoms with Gasteiger partial charge in [0.05, 0.1) is 0 Å². The molecule has 0 saturated heterocycles. The molecule has 8 aromatic carbocycles. The second kappa shape index (κ2) is 21.5. The second-order valence-electron chi connectivity index (χ2n) is 20.4. The van der Waals surface area contributed by atoms with Gasteiger partial charge in [-0.3, -0.25) is 0 Å². The van der Waals surface area contributed by atoms with Crippen molar-refractivity contribution in [1.82, 2.24) is 0 Å². The molecule has 0 bridgehead atoms. The molecule has 8 aromatic rings. The maximum absolute atomic E-state index is 2.86. The average molecular weight is 949 g/mol. The van der Waals surface area contributed by atoms with Crippen molar-refractivity contribution in [3.05, 3.63) is 254 Å². The maximum atomic E-state index is 2.86. The van der Waals surface area contributed by atoms with Gasteiger partial charge in [0.2, 0.25) is 0 Å². The molecule has 2 fully saturated rings. The molecule has 6 heteroatoms. The highest BCUT2D eigenvalue weighted by molar-refractivity contribution is 5.65. The predicted molar refractivity (Wildman–Crippen MR) is 305 cm³/mol. The van der Waals surface area contributed by atoms with Crippen molar-refractivity contribution in [1.29, 1.82) is 0 Å². The van der Waals surface area contributed by atoms with Crippen LogP contribution in [0.5, 0.6) is 0 Å². The summed E-state index contributed by atoms with van der Waals surface area (Å²) in [6.45, 7) is 1.84. The Morgan fingerprint density at radius 3 is 1.08 bits per heavy atom. The molecular formula is C66H72N6. The molecule has 2 aliphatic rings. The first-order valence-electron chi connectivity index (χ1n) is 26.3. The number of nitrogens with zero attached hydrogens (tertiary/aromatic N) is 6. The SMILES string of the molecule is CN(c1ccccc1)C1(N(C)c2ccccc2)CCC(CN(c2ccccc2)C2(N(C)c3ccccc3)CCC(CN(c3ccccc3)C(c3ccccc3)(c3ccccc3)N(C)c3ccccc3)CC2)C1. The van der Waals surface area contributed by atoms with E-state index in [1.165, 1.54) is 39.6 Å². The Labute approximate surface area is 430 Å². The Morgan fingerprint density at radius 2 is 0.667 bits per heavy atom. The third kappa shape index (κ3) is 9.31. The van der Waals surface area contributed by atoms with Crippen LogP contribution in [-0.2, 0) is 5.66 Å². The van der Waals surface area contributed by atoms with Gasteiger partial charge >= 0.3 is 0 Å². The number of benzene rings is 8. The molecule has 0 aliphatic heterocycles. The zero-order chi connectivity index (χ0) is 49.4. The van der Waals surface area contributed by atoms with Crippen LogP contribution < -0.4 is 29.4 Å². The van der Waals surface area contributed by atoms with Gasteiger partial charge in [-0.25, -0.2) is 0 Å². The summed E-state index contributed by atoms with van der Waals surface area (Å²) in [5, 5.41) is 0. The van der Waals surface area contributed by atoms with Crippen molar-refractivity contribution < 1.29 is 0 Å². The van der Waals surface area contributed by atoms with Gasteiger partial charge in [-0.2, -0.15) is 0 Å². The molecule has 72 heavy (non-hydrogen) atoms. The third-order valence-corrected chi connectivity index (χ3v) is 16.7. The molecule has 0 radical (unpaired) electrons. The molecule has 0 N–H and O–H groups in total. The van der Waals surface area contributed by atoms with Gasteiger partial charge in [0.1, 0.15) is 11.3 Å². The van der Waals surface area contributed by atoms with Crippen molar-refractivity contribution in [2.45, 2.75) is 61.9 Å². The smallest absolute Gasteiger partial charge is 0.166 e. The highest BCUT2D eigenvalue weighted by Gasteiger charge is 2.51. The van der Waals surface area contributed by atoms with E-state index in [-0.39, 0.29) is 11.3 Å². The normalized spacial score (nSPS) is 18.4. The molecular weight excluding hydrogens is 877 g/mol. The minimum atomic E-state index is -0.675. The van der Waals surface area contributed by atoms with E-state index in [0.29, 0.717) is 11.8 Å². The zero-order valence-electron chi connectivity index (χ0n) is 42.8. The van der Waals surface area contributed by atoms with E-state index in [1.54, 1.807) is 0 Å². The summed E-state index contributed by atoms with van der Waals surface area (Å²) >= 11 is 0. The van der Waals surface area contributed by atoms with Crippen molar-refractivity contribution in [3.63, 3.8) is 0 Å². The van der Waals surface area contributed by atoms with Gasteiger partial charge in [0, 0.05) is 86.5 Å². The molecule has 0 aromatic heterocycles. The fraction of sp³-hybridized carbons (Fsp3) is 0.273. The Balaban J connectivity index is 1.04. The summed E-state index contributed by atoms with van der Waals surface area (Å²) < 4.78 is 0. The van der Waals surface area contributed by atoms with Crippen LogP contribution in [0.25, 0.3) is 0 Å². The first kappa shape index (κ1) is 48.2. The van der Waals surface area contributed by atoms with E-state index >= 15 is 0 Å². The fourth-order valence-corrected chi connectivity index (χ4v) is 12.8. The zero-order valence-corrected chi connectivity index (χ0v) is 42.8. The largest absolute Gasteiger partial charge is 0.352 e. The van der Waals surface area contributed by atoms with Crippen molar-refractivity contribution in [3.8, 4) is 0 Å². The second-order valence-corrected chi connectivity index (χ2v) is 20.4. The van der Waals surface area contributed by atoms with E-state index in [9.17, 15) is 0 Å². The molecule has 6 nitrogen and oxygen atoms in total. The predicted octanol–water partition coefficient (Wildman–Crippen LogP) is 14.8. The Kier molecular flexibility index (Phi) is 14.4. The van der Waals surface area contributed by atoms with Crippen LogP contribution in [0.3, 0.4) is 0 Å². The number of rotatable bonds is 18. The lowest BCUT2D eigenvalue weighted by Gasteiger charge is -2.57.